The third-order valence-electron chi connectivity index (χ3n) is 6.30. The van der Waals surface area contributed by atoms with Crippen molar-refractivity contribution in [3.8, 4) is 5.75 Å². The number of fused-ring (bicyclic) bond motifs is 1. The summed E-state index contributed by atoms with van der Waals surface area (Å²) in [6.07, 6.45) is 1.28. The molecule has 40 heavy (non-hydrogen) atoms. The van der Waals surface area contributed by atoms with Gasteiger partial charge in [-0.05, 0) is 51.9 Å². The van der Waals surface area contributed by atoms with Gasteiger partial charge < -0.3 is 20.7 Å². The molecule has 0 bridgehead atoms. The number of tetrazole rings is 1. The van der Waals surface area contributed by atoms with E-state index in [-0.39, 0.29) is 17.7 Å². The molecule has 0 fully saturated rings. The Bertz CT molecular complexity index is 1710. The maximum absolute atomic E-state index is 13.7. The molecule has 0 aliphatic heterocycles. The van der Waals surface area contributed by atoms with Gasteiger partial charge in [0.2, 0.25) is 5.91 Å². The summed E-state index contributed by atoms with van der Waals surface area (Å²) in [5, 5.41) is 28.2. The molecule has 5 rings (SSSR count). The van der Waals surface area contributed by atoms with E-state index >= 15 is 0 Å². The van der Waals surface area contributed by atoms with E-state index < -0.39 is 29.6 Å². The van der Waals surface area contributed by atoms with Crippen LogP contribution >= 0.6 is 11.6 Å². The number of carbonyl (C=O) groups is 2. The summed E-state index contributed by atoms with van der Waals surface area (Å²) >= 11 is 6.15. The number of benzene rings is 3. The molecule has 0 spiro atoms. The van der Waals surface area contributed by atoms with Gasteiger partial charge in [0.1, 0.15) is 24.3 Å². The van der Waals surface area contributed by atoms with Crippen LogP contribution in [0.15, 0.2) is 90.0 Å². The number of carbonyl (C=O) groups excluding carboxylic acids is 2. The normalized spacial score (nSPS) is 12.5. The zero-order valence-electron chi connectivity index (χ0n) is 21.0. The van der Waals surface area contributed by atoms with Gasteiger partial charge in [0.05, 0.1) is 5.52 Å². The van der Waals surface area contributed by atoms with Crippen LogP contribution in [0.1, 0.15) is 27.7 Å². The van der Waals surface area contributed by atoms with Gasteiger partial charge in [-0.3, -0.25) is 14.4 Å². The molecule has 0 aliphatic carbocycles. The summed E-state index contributed by atoms with van der Waals surface area (Å²) in [4.78, 5) is 41.3. The van der Waals surface area contributed by atoms with Crippen molar-refractivity contribution >= 4 is 34.3 Å². The molecule has 3 aromatic carbocycles. The maximum atomic E-state index is 13.7. The number of H-pyrrole nitrogens is 1. The van der Waals surface area contributed by atoms with Crippen molar-refractivity contribution < 1.29 is 14.7 Å². The number of nitrogens with zero attached hydrogens (tertiary/aromatic N) is 4. The van der Waals surface area contributed by atoms with E-state index in [1.165, 1.54) is 29.2 Å². The van der Waals surface area contributed by atoms with Gasteiger partial charge in [0.25, 0.3) is 11.5 Å². The first-order valence-electron chi connectivity index (χ1n) is 12.3. The van der Waals surface area contributed by atoms with Gasteiger partial charge in [-0.2, -0.15) is 0 Å². The van der Waals surface area contributed by atoms with Gasteiger partial charge in [0.15, 0.2) is 0 Å². The van der Waals surface area contributed by atoms with Crippen LogP contribution in [0.4, 0.5) is 0 Å². The Morgan fingerprint density at radius 3 is 2.50 bits per heavy atom. The average molecular weight is 558 g/mol. The molecule has 4 N–H and O–H groups in total. The topological polar surface area (TPSA) is 155 Å². The first-order chi connectivity index (χ1) is 19.4. The van der Waals surface area contributed by atoms with E-state index in [1.807, 2.05) is 42.5 Å². The number of nitrogens with one attached hydrogen (secondary N) is 3. The van der Waals surface area contributed by atoms with Crippen LogP contribution in [0, 0.1) is 0 Å². The molecule has 0 radical (unpaired) electrons. The lowest BCUT2D eigenvalue weighted by Crippen LogP contribution is -2.50. The highest BCUT2D eigenvalue weighted by atomic mass is 35.5. The first-order valence-corrected chi connectivity index (χ1v) is 12.7. The monoisotopic (exact) mass is 557 g/mol. The standard InChI is InChI=1S/C28H24ClN7O4/c29-20-8-4-7-18(11-20)13-25(36-16-30-34-35-36)33-28(40)23(12-17-5-2-1-3-6-17)32-27(39)19-9-10-22-21(14-19)24(37)15-26(38)31-22/h1-11,14-16,23,25H,12-13H2,(H,32,39)(H,33,40)(H2,31,37,38). The molecular weight excluding hydrogens is 534 g/mol. The number of halogens is 1. The lowest BCUT2D eigenvalue weighted by atomic mass is 10.0. The SMILES string of the molecule is O=C(NC(Cc1ccccc1)C(=O)NC(Cc1cccc(Cl)c1)n1cnnn1)c1ccc2[nH]c(=O)cc(O)c2c1. The molecule has 0 saturated carbocycles. The van der Waals surface area contributed by atoms with E-state index in [4.69, 9.17) is 11.6 Å². The zero-order chi connectivity index (χ0) is 28.1. The van der Waals surface area contributed by atoms with Crippen LogP contribution in [-0.4, -0.2) is 48.2 Å². The molecule has 2 amide bonds. The fraction of sp³-hybridized carbons (Fsp3) is 0.143. The highest BCUT2D eigenvalue weighted by molar-refractivity contribution is 6.30. The lowest BCUT2D eigenvalue weighted by Gasteiger charge is -2.24. The quantitative estimate of drug-likeness (QED) is 0.217. The summed E-state index contributed by atoms with van der Waals surface area (Å²) in [7, 11) is 0. The van der Waals surface area contributed by atoms with E-state index in [2.05, 4.69) is 31.1 Å². The van der Waals surface area contributed by atoms with Crippen LogP contribution in [0.25, 0.3) is 10.9 Å². The average Bonchev–Trinajstić information content (AvgIpc) is 3.48. The summed E-state index contributed by atoms with van der Waals surface area (Å²) in [6, 6.07) is 21.1. The van der Waals surface area contributed by atoms with Gasteiger partial charge in [-0.15, -0.1) is 5.10 Å². The van der Waals surface area contributed by atoms with Crippen LogP contribution in [0.3, 0.4) is 0 Å². The van der Waals surface area contributed by atoms with E-state index in [0.29, 0.717) is 22.3 Å². The highest BCUT2D eigenvalue weighted by Gasteiger charge is 2.26. The van der Waals surface area contributed by atoms with Crippen molar-refractivity contribution in [3.05, 3.63) is 117 Å². The van der Waals surface area contributed by atoms with Gasteiger partial charge >= 0.3 is 0 Å². The smallest absolute Gasteiger partial charge is 0.252 e. The number of rotatable bonds is 9. The van der Waals surface area contributed by atoms with Crippen molar-refractivity contribution in [2.75, 3.05) is 0 Å². The Labute approximate surface area is 232 Å². The number of amides is 2. The second-order valence-corrected chi connectivity index (χ2v) is 9.58. The van der Waals surface area contributed by atoms with Gasteiger partial charge in [0, 0.05) is 34.9 Å². The summed E-state index contributed by atoms with van der Waals surface area (Å²) < 4.78 is 1.42. The third-order valence-corrected chi connectivity index (χ3v) is 6.53. The van der Waals surface area contributed by atoms with E-state index in [0.717, 1.165) is 17.2 Å². The Hall–Kier alpha value is -5.03. The minimum atomic E-state index is -0.965. The largest absolute Gasteiger partial charge is 0.507 e. The fourth-order valence-electron chi connectivity index (χ4n) is 4.35. The Kier molecular flexibility index (Phi) is 7.83. The molecule has 202 valence electrons. The molecule has 5 aromatic rings. The highest BCUT2D eigenvalue weighted by Crippen LogP contribution is 2.22. The Balaban J connectivity index is 1.41. The van der Waals surface area contributed by atoms with Crippen molar-refractivity contribution in [3.63, 3.8) is 0 Å². The van der Waals surface area contributed by atoms with Crippen LogP contribution in [-0.2, 0) is 17.6 Å². The molecule has 11 nitrogen and oxygen atoms in total. The lowest BCUT2D eigenvalue weighted by molar-refractivity contribution is -0.124. The molecular formula is C28H24ClN7O4. The summed E-state index contributed by atoms with van der Waals surface area (Å²) in [6.45, 7) is 0. The number of hydrogen-bond acceptors (Lipinski definition) is 7. The van der Waals surface area contributed by atoms with Crippen LogP contribution in [0.5, 0.6) is 5.75 Å². The van der Waals surface area contributed by atoms with Crippen LogP contribution < -0.4 is 16.2 Å². The van der Waals surface area contributed by atoms with Gasteiger partial charge in [-0.25, -0.2) is 4.68 Å². The third kappa shape index (κ3) is 6.33. The molecule has 2 heterocycles. The Morgan fingerprint density at radius 1 is 0.950 bits per heavy atom. The second-order valence-electron chi connectivity index (χ2n) is 9.14. The molecule has 2 atom stereocenters. The van der Waals surface area contributed by atoms with E-state index in [1.54, 1.807) is 12.1 Å². The number of aromatic hydroxyl groups is 1. The summed E-state index contributed by atoms with van der Waals surface area (Å²) in [5.41, 5.74) is 1.82. The molecule has 2 unspecified atom stereocenters. The minimum Gasteiger partial charge on any atom is -0.507 e. The molecule has 2 aromatic heterocycles. The van der Waals surface area contributed by atoms with Crippen molar-refractivity contribution in [1.29, 1.82) is 0 Å². The molecule has 0 aliphatic rings. The first kappa shape index (κ1) is 26.6. The minimum absolute atomic E-state index is 0.205. The summed E-state index contributed by atoms with van der Waals surface area (Å²) in [5.74, 6) is -1.23. The molecule has 0 saturated heterocycles. The zero-order valence-corrected chi connectivity index (χ0v) is 21.7. The van der Waals surface area contributed by atoms with Gasteiger partial charge in [-0.1, -0.05) is 54.1 Å². The van der Waals surface area contributed by atoms with Crippen molar-refractivity contribution in [1.82, 2.24) is 35.8 Å². The number of aromatic amines is 1. The maximum Gasteiger partial charge on any atom is 0.252 e. The predicted molar refractivity (Wildman–Crippen MR) is 148 cm³/mol. The fourth-order valence-corrected chi connectivity index (χ4v) is 4.56. The van der Waals surface area contributed by atoms with Crippen molar-refractivity contribution in [2.24, 2.45) is 0 Å². The van der Waals surface area contributed by atoms with Crippen molar-refractivity contribution in [2.45, 2.75) is 25.0 Å². The van der Waals surface area contributed by atoms with Crippen LogP contribution in [0.2, 0.25) is 5.02 Å². The second kappa shape index (κ2) is 11.8. The number of aromatic nitrogens is 5. The number of pyridine rings is 1. The Morgan fingerprint density at radius 2 is 1.75 bits per heavy atom. The number of hydrogen-bond donors (Lipinski definition) is 4. The molecule has 12 heteroatoms. The van der Waals surface area contributed by atoms with E-state index in [9.17, 15) is 19.5 Å². The predicted octanol–water partition coefficient (Wildman–Crippen LogP) is 2.77.